The fraction of sp³-hybridized carbons (Fsp3) is 0.211. The van der Waals surface area contributed by atoms with Crippen LogP contribution in [0.4, 0.5) is 0 Å². The van der Waals surface area contributed by atoms with E-state index in [4.69, 9.17) is 0 Å². The quantitative estimate of drug-likeness (QED) is 0.720. The van der Waals surface area contributed by atoms with Crippen molar-refractivity contribution in [3.8, 4) is 0 Å². The molecule has 2 heterocycles. The summed E-state index contributed by atoms with van der Waals surface area (Å²) in [5, 5.41) is 5.40. The Hall–Kier alpha value is -3.15. The minimum Gasteiger partial charge on any atom is -0.354 e. The first-order valence-electron chi connectivity index (χ1n) is 8.16. The van der Waals surface area contributed by atoms with Gasteiger partial charge in [-0.2, -0.15) is 0 Å². The van der Waals surface area contributed by atoms with Crippen LogP contribution in [-0.4, -0.2) is 34.3 Å². The predicted octanol–water partition coefficient (Wildman–Crippen LogP) is 1.73. The smallest absolute Gasteiger partial charge is 0.251 e. The molecule has 6 nitrogen and oxygen atoms in total. The van der Waals surface area contributed by atoms with Crippen LogP contribution >= 0.6 is 0 Å². The Morgan fingerprint density at radius 2 is 1.92 bits per heavy atom. The van der Waals surface area contributed by atoms with Crippen LogP contribution in [0, 0.1) is 6.92 Å². The van der Waals surface area contributed by atoms with Crippen molar-refractivity contribution < 1.29 is 9.59 Å². The minimum absolute atomic E-state index is 0.0436. The number of rotatable bonds is 6. The molecule has 0 unspecified atom stereocenters. The number of carbonyl (C=O) groups is 2. The second-order valence-corrected chi connectivity index (χ2v) is 5.85. The van der Waals surface area contributed by atoms with E-state index in [0.717, 1.165) is 16.9 Å². The third-order valence-corrected chi connectivity index (χ3v) is 3.81. The number of amides is 2. The summed E-state index contributed by atoms with van der Waals surface area (Å²) in [6.07, 6.45) is 4.57. The average molecular weight is 336 g/mol. The van der Waals surface area contributed by atoms with Gasteiger partial charge < -0.3 is 15.0 Å². The lowest BCUT2D eigenvalue weighted by Crippen LogP contribution is -2.37. The Balaban J connectivity index is 1.43. The maximum atomic E-state index is 11.9. The molecule has 3 rings (SSSR count). The molecule has 0 bridgehead atoms. The lowest BCUT2D eigenvalue weighted by molar-refractivity contribution is -0.120. The molecule has 128 valence electrons. The monoisotopic (exact) mass is 336 g/mol. The summed E-state index contributed by atoms with van der Waals surface area (Å²) < 4.78 is 1.96. The van der Waals surface area contributed by atoms with E-state index in [1.165, 1.54) is 0 Å². The van der Waals surface area contributed by atoms with Crippen molar-refractivity contribution in [2.45, 2.75) is 13.3 Å². The molecule has 0 fully saturated rings. The van der Waals surface area contributed by atoms with Gasteiger partial charge in [0.25, 0.3) is 5.91 Å². The van der Waals surface area contributed by atoms with Crippen molar-refractivity contribution in [3.63, 3.8) is 0 Å². The number of aryl methyl sites for hydroxylation is 1. The van der Waals surface area contributed by atoms with Crippen LogP contribution in [0.2, 0.25) is 0 Å². The molecule has 0 saturated heterocycles. The molecule has 0 saturated carbocycles. The van der Waals surface area contributed by atoms with Gasteiger partial charge in [0.2, 0.25) is 5.91 Å². The van der Waals surface area contributed by atoms with Crippen LogP contribution < -0.4 is 10.6 Å². The van der Waals surface area contributed by atoms with E-state index in [1.54, 1.807) is 24.3 Å². The number of nitrogens with one attached hydrogen (secondary N) is 2. The normalized spacial score (nSPS) is 10.6. The number of carbonyl (C=O) groups excluding carboxylic acids is 2. The first-order chi connectivity index (χ1) is 12.1. The molecule has 2 amide bonds. The maximum Gasteiger partial charge on any atom is 0.251 e. The van der Waals surface area contributed by atoms with Crippen LogP contribution in [0.5, 0.6) is 0 Å². The second-order valence-electron chi connectivity index (χ2n) is 5.85. The SMILES string of the molecule is Cc1ccn2cc(CCNC(=O)CNC(=O)c3ccccc3)nc2c1. The van der Waals surface area contributed by atoms with Crippen LogP contribution in [-0.2, 0) is 11.2 Å². The summed E-state index contributed by atoms with van der Waals surface area (Å²) in [6, 6.07) is 12.9. The number of hydrogen-bond acceptors (Lipinski definition) is 3. The van der Waals surface area contributed by atoms with E-state index in [1.807, 2.05) is 41.9 Å². The number of pyridine rings is 1. The van der Waals surface area contributed by atoms with E-state index in [0.29, 0.717) is 18.5 Å². The average Bonchev–Trinajstić information content (AvgIpc) is 3.02. The molecule has 3 aromatic rings. The molecular weight excluding hydrogens is 316 g/mol. The zero-order valence-corrected chi connectivity index (χ0v) is 14.0. The molecule has 0 radical (unpaired) electrons. The van der Waals surface area contributed by atoms with Gasteiger partial charge in [0, 0.05) is 30.9 Å². The van der Waals surface area contributed by atoms with Crippen molar-refractivity contribution in [1.29, 1.82) is 0 Å². The first-order valence-corrected chi connectivity index (χ1v) is 8.16. The predicted molar refractivity (Wildman–Crippen MR) is 95.4 cm³/mol. The van der Waals surface area contributed by atoms with Gasteiger partial charge >= 0.3 is 0 Å². The molecule has 0 aliphatic rings. The van der Waals surface area contributed by atoms with Crippen LogP contribution in [0.25, 0.3) is 5.65 Å². The van der Waals surface area contributed by atoms with Gasteiger partial charge in [-0.15, -0.1) is 0 Å². The first kappa shape index (κ1) is 16.7. The molecule has 0 atom stereocenters. The highest BCUT2D eigenvalue weighted by Gasteiger charge is 2.07. The standard InChI is InChI=1S/C19H20N4O2/c1-14-8-10-23-13-16(22-17(23)11-14)7-9-20-18(24)12-21-19(25)15-5-3-2-4-6-15/h2-6,8,10-11,13H,7,9,12H2,1H3,(H,20,24)(H,21,25). The topological polar surface area (TPSA) is 75.5 Å². The number of aromatic nitrogens is 2. The van der Waals surface area contributed by atoms with Gasteiger partial charge in [-0.05, 0) is 36.8 Å². The summed E-state index contributed by atoms with van der Waals surface area (Å²) in [4.78, 5) is 28.2. The van der Waals surface area contributed by atoms with Crippen LogP contribution in [0.1, 0.15) is 21.6 Å². The Kier molecular flexibility index (Phi) is 5.09. The lowest BCUT2D eigenvalue weighted by atomic mass is 10.2. The molecule has 0 aliphatic carbocycles. The number of hydrogen-bond donors (Lipinski definition) is 2. The highest BCUT2D eigenvalue weighted by Crippen LogP contribution is 2.07. The molecule has 2 N–H and O–H groups in total. The number of imidazole rings is 1. The van der Waals surface area contributed by atoms with Crippen molar-refractivity contribution in [3.05, 3.63) is 71.7 Å². The van der Waals surface area contributed by atoms with E-state index in [-0.39, 0.29) is 18.4 Å². The highest BCUT2D eigenvalue weighted by atomic mass is 16.2. The molecule has 0 aliphatic heterocycles. The molecular formula is C19H20N4O2. The summed E-state index contributed by atoms with van der Waals surface area (Å²) in [5.74, 6) is -0.477. The maximum absolute atomic E-state index is 11.9. The van der Waals surface area contributed by atoms with Gasteiger partial charge in [0.15, 0.2) is 0 Å². The fourth-order valence-electron chi connectivity index (χ4n) is 2.50. The molecule has 1 aromatic carbocycles. The third-order valence-electron chi connectivity index (χ3n) is 3.81. The van der Waals surface area contributed by atoms with Crippen LogP contribution in [0.3, 0.4) is 0 Å². The van der Waals surface area contributed by atoms with Crippen molar-refractivity contribution in [2.24, 2.45) is 0 Å². The van der Waals surface area contributed by atoms with Gasteiger partial charge in [-0.1, -0.05) is 18.2 Å². The Labute approximate surface area is 145 Å². The highest BCUT2D eigenvalue weighted by molar-refractivity contribution is 5.96. The van der Waals surface area contributed by atoms with E-state index < -0.39 is 0 Å². The van der Waals surface area contributed by atoms with E-state index >= 15 is 0 Å². The molecule has 2 aromatic heterocycles. The molecule has 6 heteroatoms. The van der Waals surface area contributed by atoms with Gasteiger partial charge in [-0.3, -0.25) is 9.59 Å². The largest absolute Gasteiger partial charge is 0.354 e. The molecule has 0 spiro atoms. The number of fused-ring (bicyclic) bond motifs is 1. The molecule has 25 heavy (non-hydrogen) atoms. The number of nitrogens with zero attached hydrogens (tertiary/aromatic N) is 2. The zero-order valence-electron chi connectivity index (χ0n) is 14.0. The Bertz CT molecular complexity index is 887. The fourth-order valence-corrected chi connectivity index (χ4v) is 2.50. The third kappa shape index (κ3) is 4.44. The Morgan fingerprint density at radius 1 is 1.12 bits per heavy atom. The second kappa shape index (κ2) is 7.61. The zero-order chi connectivity index (χ0) is 17.6. The van der Waals surface area contributed by atoms with Crippen molar-refractivity contribution >= 4 is 17.5 Å². The summed E-state index contributed by atoms with van der Waals surface area (Å²) in [7, 11) is 0. The van der Waals surface area contributed by atoms with Gasteiger partial charge in [0.05, 0.1) is 12.2 Å². The summed E-state index contributed by atoms with van der Waals surface area (Å²) >= 11 is 0. The van der Waals surface area contributed by atoms with E-state index in [2.05, 4.69) is 15.6 Å². The Morgan fingerprint density at radius 3 is 2.72 bits per heavy atom. The minimum atomic E-state index is -0.258. The van der Waals surface area contributed by atoms with Crippen molar-refractivity contribution in [1.82, 2.24) is 20.0 Å². The van der Waals surface area contributed by atoms with E-state index in [9.17, 15) is 9.59 Å². The van der Waals surface area contributed by atoms with Crippen LogP contribution in [0.15, 0.2) is 54.9 Å². The lowest BCUT2D eigenvalue weighted by Gasteiger charge is -2.06. The van der Waals surface area contributed by atoms with Gasteiger partial charge in [-0.25, -0.2) is 4.98 Å². The van der Waals surface area contributed by atoms with Gasteiger partial charge in [0.1, 0.15) is 5.65 Å². The van der Waals surface area contributed by atoms with Crippen molar-refractivity contribution in [2.75, 3.05) is 13.1 Å². The summed E-state index contributed by atoms with van der Waals surface area (Å²) in [5.41, 5.74) is 3.51. The summed E-state index contributed by atoms with van der Waals surface area (Å²) in [6.45, 7) is 2.46. The number of benzene rings is 1.